The van der Waals surface area contributed by atoms with E-state index in [1.54, 1.807) is 18.3 Å². The zero-order chi connectivity index (χ0) is 20.6. The Morgan fingerprint density at radius 3 is 2.47 bits per heavy atom. The van der Waals surface area contributed by atoms with E-state index in [4.69, 9.17) is 9.47 Å². The monoisotopic (exact) mass is 428 g/mol. The van der Waals surface area contributed by atoms with Crippen LogP contribution in [0.4, 0.5) is 5.13 Å². The summed E-state index contributed by atoms with van der Waals surface area (Å²) >= 11 is 1.58. The molecule has 5 rings (SSSR count). The molecule has 3 aliphatic heterocycles. The van der Waals surface area contributed by atoms with Crippen LogP contribution < -0.4 is 4.90 Å². The second kappa shape index (κ2) is 8.34. The summed E-state index contributed by atoms with van der Waals surface area (Å²) in [5, 5.41) is 10.6. The maximum Gasteiger partial charge on any atom is 0.208 e. The van der Waals surface area contributed by atoms with E-state index < -0.39 is 0 Å². The Hall–Kier alpha value is -1.87. The van der Waals surface area contributed by atoms with Gasteiger partial charge in [-0.25, -0.2) is 0 Å². The van der Waals surface area contributed by atoms with Crippen molar-refractivity contribution in [3.63, 3.8) is 0 Å². The Bertz CT molecular complexity index is 893. The average molecular weight is 429 g/mol. The number of ether oxygens (including phenoxy) is 2. The van der Waals surface area contributed by atoms with Crippen molar-refractivity contribution in [2.45, 2.75) is 44.4 Å². The molecule has 0 N–H and O–H groups in total. The van der Waals surface area contributed by atoms with Crippen LogP contribution in [0.25, 0.3) is 10.6 Å². The summed E-state index contributed by atoms with van der Waals surface area (Å²) in [6, 6.07) is 8.26. The number of likely N-dealkylation sites (tertiary alicyclic amines) is 1. The highest BCUT2D eigenvalue weighted by molar-refractivity contribution is 7.18. The van der Waals surface area contributed by atoms with Crippen molar-refractivity contribution in [2.75, 3.05) is 44.3 Å². The maximum absolute atomic E-state index is 11.9. The maximum atomic E-state index is 11.9. The molecule has 0 bridgehead atoms. The van der Waals surface area contributed by atoms with Crippen molar-refractivity contribution in [1.82, 2.24) is 15.1 Å². The molecule has 0 unspecified atom stereocenters. The third-order valence-electron chi connectivity index (χ3n) is 6.58. The van der Waals surface area contributed by atoms with E-state index in [2.05, 4.69) is 20.0 Å². The molecule has 8 heteroatoms. The lowest BCUT2D eigenvalue weighted by atomic mass is 9.97. The molecule has 3 aliphatic rings. The number of benzene rings is 1. The lowest BCUT2D eigenvalue weighted by molar-refractivity contribution is -0.188. The van der Waals surface area contributed by atoms with Crippen LogP contribution in [0.1, 0.15) is 43.0 Å². The Balaban J connectivity index is 1.19. The van der Waals surface area contributed by atoms with E-state index in [9.17, 15) is 4.79 Å². The molecular weight excluding hydrogens is 400 g/mol. The normalized spacial score (nSPS) is 22.6. The van der Waals surface area contributed by atoms with Gasteiger partial charge in [-0.3, -0.25) is 9.69 Å². The molecule has 30 heavy (non-hydrogen) atoms. The van der Waals surface area contributed by atoms with E-state index >= 15 is 0 Å². The predicted molar refractivity (Wildman–Crippen MR) is 116 cm³/mol. The molecule has 3 saturated heterocycles. The second-order valence-corrected chi connectivity index (χ2v) is 9.31. The van der Waals surface area contributed by atoms with Gasteiger partial charge in [-0.15, -0.1) is 10.2 Å². The first-order chi connectivity index (χ1) is 14.6. The number of aromatic nitrogens is 2. The van der Waals surface area contributed by atoms with Crippen molar-refractivity contribution < 1.29 is 14.3 Å². The number of Topliss-reactive ketones (excluding diaryl/α,β-unsaturated/α-hetero) is 1. The second-order valence-electron chi connectivity index (χ2n) is 8.35. The Morgan fingerprint density at radius 2 is 1.77 bits per heavy atom. The van der Waals surface area contributed by atoms with Gasteiger partial charge in [-0.1, -0.05) is 35.6 Å². The molecule has 4 heterocycles. The summed E-state index contributed by atoms with van der Waals surface area (Å²) in [6.45, 7) is 7.15. The highest BCUT2D eigenvalue weighted by Gasteiger charge is 2.41. The number of nitrogens with zero attached hydrogens (tertiary/aromatic N) is 4. The largest absolute Gasteiger partial charge is 0.347 e. The molecule has 0 saturated carbocycles. The summed E-state index contributed by atoms with van der Waals surface area (Å²) in [5.74, 6) is -0.240. The van der Waals surface area contributed by atoms with Crippen LogP contribution in [0.3, 0.4) is 0 Å². The summed E-state index contributed by atoms with van der Waals surface area (Å²) in [6.07, 6.45) is 4.21. The van der Waals surface area contributed by atoms with Gasteiger partial charge < -0.3 is 14.4 Å². The minimum absolute atomic E-state index is 0.0554. The summed E-state index contributed by atoms with van der Waals surface area (Å²) in [4.78, 5) is 16.9. The van der Waals surface area contributed by atoms with Crippen LogP contribution in [-0.4, -0.2) is 72.1 Å². The zero-order valence-electron chi connectivity index (χ0n) is 17.4. The number of ketones is 1. The molecule has 1 aromatic heterocycles. The number of hydrogen-bond acceptors (Lipinski definition) is 8. The zero-order valence-corrected chi connectivity index (χ0v) is 18.2. The number of hydrogen-bond donors (Lipinski definition) is 0. The van der Waals surface area contributed by atoms with Crippen molar-refractivity contribution >= 4 is 22.3 Å². The SMILES string of the molecule is CC(=O)c1ccccc1-c1nnc(N2CCC(N3CCC4(CC3)OCCO4)CC2)s1. The van der Waals surface area contributed by atoms with E-state index in [1.807, 2.05) is 24.3 Å². The predicted octanol–water partition coefficient (Wildman–Crippen LogP) is 3.22. The topological polar surface area (TPSA) is 67.8 Å². The van der Waals surface area contributed by atoms with Gasteiger partial charge in [0.15, 0.2) is 11.6 Å². The molecular formula is C22H28N4O3S. The number of carbonyl (C=O) groups excluding carboxylic acids is 1. The van der Waals surface area contributed by atoms with E-state index in [-0.39, 0.29) is 11.6 Å². The first-order valence-electron chi connectivity index (χ1n) is 10.8. The third kappa shape index (κ3) is 3.89. The van der Waals surface area contributed by atoms with Gasteiger partial charge >= 0.3 is 0 Å². The first kappa shape index (κ1) is 20.1. The molecule has 0 aliphatic carbocycles. The number of rotatable bonds is 4. The van der Waals surface area contributed by atoms with Gasteiger partial charge in [0.1, 0.15) is 5.01 Å². The van der Waals surface area contributed by atoms with Gasteiger partial charge in [0, 0.05) is 56.2 Å². The van der Waals surface area contributed by atoms with Gasteiger partial charge in [-0.05, 0) is 19.8 Å². The van der Waals surface area contributed by atoms with Crippen LogP contribution in [0.15, 0.2) is 24.3 Å². The fraction of sp³-hybridized carbons (Fsp3) is 0.591. The van der Waals surface area contributed by atoms with Crippen LogP contribution >= 0.6 is 11.3 Å². The van der Waals surface area contributed by atoms with Crippen LogP contribution in [0.5, 0.6) is 0 Å². The molecule has 3 fully saturated rings. The molecule has 1 aromatic carbocycles. The van der Waals surface area contributed by atoms with Crippen LogP contribution in [0, 0.1) is 0 Å². The molecule has 1 spiro atoms. The number of carbonyl (C=O) groups is 1. The number of piperidine rings is 2. The lowest BCUT2D eigenvalue weighted by Gasteiger charge is -2.44. The van der Waals surface area contributed by atoms with Gasteiger partial charge in [0.05, 0.1) is 13.2 Å². The molecule has 7 nitrogen and oxygen atoms in total. The molecule has 0 radical (unpaired) electrons. The number of anilines is 1. The Labute approximate surface area is 181 Å². The van der Waals surface area contributed by atoms with Gasteiger partial charge in [0.2, 0.25) is 5.13 Å². The fourth-order valence-corrected chi connectivity index (χ4v) is 5.80. The molecule has 160 valence electrons. The quantitative estimate of drug-likeness (QED) is 0.693. The van der Waals surface area contributed by atoms with Gasteiger partial charge in [0.25, 0.3) is 0 Å². The highest BCUT2D eigenvalue weighted by Crippen LogP contribution is 2.35. The van der Waals surface area contributed by atoms with Gasteiger partial charge in [-0.2, -0.15) is 0 Å². The van der Waals surface area contributed by atoms with E-state index in [0.29, 0.717) is 11.6 Å². The average Bonchev–Trinajstić information content (AvgIpc) is 3.45. The molecule has 0 amide bonds. The minimum Gasteiger partial charge on any atom is -0.347 e. The van der Waals surface area contributed by atoms with Crippen molar-refractivity contribution in [3.05, 3.63) is 29.8 Å². The summed E-state index contributed by atoms with van der Waals surface area (Å²) < 4.78 is 11.7. The Kier molecular flexibility index (Phi) is 5.58. The van der Waals surface area contributed by atoms with E-state index in [1.165, 1.54) is 0 Å². The van der Waals surface area contributed by atoms with Crippen molar-refractivity contribution in [2.24, 2.45) is 0 Å². The van der Waals surface area contributed by atoms with Crippen LogP contribution in [-0.2, 0) is 9.47 Å². The fourth-order valence-electron chi connectivity index (χ4n) is 4.87. The van der Waals surface area contributed by atoms with Crippen molar-refractivity contribution in [1.29, 1.82) is 0 Å². The summed E-state index contributed by atoms with van der Waals surface area (Å²) in [5.41, 5.74) is 1.58. The van der Waals surface area contributed by atoms with Crippen LogP contribution in [0.2, 0.25) is 0 Å². The summed E-state index contributed by atoms with van der Waals surface area (Å²) in [7, 11) is 0. The lowest BCUT2D eigenvalue weighted by Crippen LogP contribution is -2.52. The molecule has 0 atom stereocenters. The van der Waals surface area contributed by atoms with E-state index in [0.717, 1.165) is 80.8 Å². The minimum atomic E-state index is -0.295. The van der Waals surface area contributed by atoms with Crippen molar-refractivity contribution in [3.8, 4) is 10.6 Å². The standard InChI is InChI=1S/C22H28N4O3S/c1-16(27)18-4-2-3-5-19(18)20-23-24-21(30-20)26-10-6-17(7-11-26)25-12-8-22(9-13-25)28-14-15-29-22/h2-5,17H,6-15H2,1H3. The third-order valence-corrected chi connectivity index (χ3v) is 7.59. The highest BCUT2D eigenvalue weighted by atomic mass is 32.1. The smallest absolute Gasteiger partial charge is 0.208 e. The Morgan fingerprint density at radius 1 is 1.07 bits per heavy atom. The molecule has 2 aromatic rings. The first-order valence-corrected chi connectivity index (χ1v) is 11.7.